The van der Waals surface area contributed by atoms with Gasteiger partial charge in [0.15, 0.2) is 0 Å². The van der Waals surface area contributed by atoms with Crippen molar-refractivity contribution in [2.45, 2.75) is 39.3 Å². The maximum absolute atomic E-state index is 9.48. The molecule has 2 nitrogen and oxygen atoms in total. The van der Waals surface area contributed by atoms with Gasteiger partial charge in [0, 0.05) is 12.6 Å². The maximum Gasteiger partial charge on any atom is 0.129 e. The molecule has 0 bridgehead atoms. The number of likely N-dealkylation sites (tertiary alicyclic amines) is 1. The molecule has 1 aliphatic heterocycles. The van der Waals surface area contributed by atoms with Crippen molar-refractivity contribution in [2.24, 2.45) is 5.92 Å². The Labute approximate surface area is 112 Å². The van der Waals surface area contributed by atoms with E-state index in [1.807, 2.05) is 12.1 Å². The van der Waals surface area contributed by atoms with Crippen LogP contribution in [0.2, 0.25) is 0 Å². The van der Waals surface area contributed by atoms with Gasteiger partial charge in [-0.1, -0.05) is 13.0 Å². The molecule has 1 aromatic rings. The SMILES string of the molecule is CC1CCCN(Cc2ccc(O)c(Br)c2)C1C. The molecule has 2 atom stereocenters. The Hall–Kier alpha value is -0.540. The van der Waals surface area contributed by atoms with Gasteiger partial charge in [-0.25, -0.2) is 0 Å². The lowest BCUT2D eigenvalue weighted by Gasteiger charge is -2.38. The maximum atomic E-state index is 9.48. The van der Waals surface area contributed by atoms with Gasteiger partial charge in [0.1, 0.15) is 5.75 Å². The molecule has 1 aromatic carbocycles. The molecule has 94 valence electrons. The Balaban J connectivity index is 2.07. The van der Waals surface area contributed by atoms with E-state index in [-0.39, 0.29) is 0 Å². The third kappa shape index (κ3) is 3.02. The van der Waals surface area contributed by atoms with Gasteiger partial charge in [-0.05, 0) is 65.9 Å². The number of nitrogens with zero attached hydrogens (tertiary/aromatic N) is 1. The molecule has 0 radical (unpaired) electrons. The van der Waals surface area contributed by atoms with Crippen LogP contribution >= 0.6 is 15.9 Å². The van der Waals surface area contributed by atoms with Crippen LogP contribution in [0, 0.1) is 5.92 Å². The predicted molar refractivity (Wildman–Crippen MR) is 74.1 cm³/mol. The summed E-state index contributed by atoms with van der Waals surface area (Å²) >= 11 is 3.37. The molecule has 1 N–H and O–H groups in total. The van der Waals surface area contributed by atoms with E-state index in [0.29, 0.717) is 11.8 Å². The molecule has 0 amide bonds. The van der Waals surface area contributed by atoms with E-state index in [9.17, 15) is 5.11 Å². The summed E-state index contributed by atoms with van der Waals surface area (Å²) in [5.41, 5.74) is 1.26. The van der Waals surface area contributed by atoms with E-state index in [1.165, 1.54) is 24.9 Å². The first-order chi connectivity index (χ1) is 8.08. The monoisotopic (exact) mass is 297 g/mol. The van der Waals surface area contributed by atoms with Crippen LogP contribution in [0.1, 0.15) is 32.3 Å². The molecule has 2 unspecified atom stereocenters. The largest absolute Gasteiger partial charge is 0.507 e. The second-order valence-corrected chi connectivity index (χ2v) is 5.97. The van der Waals surface area contributed by atoms with Crippen LogP contribution in [0.5, 0.6) is 5.75 Å². The fraction of sp³-hybridized carbons (Fsp3) is 0.571. The molecule has 0 saturated carbocycles. The van der Waals surface area contributed by atoms with Crippen LogP contribution < -0.4 is 0 Å². The lowest BCUT2D eigenvalue weighted by Crippen LogP contribution is -2.41. The first-order valence-electron chi connectivity index (χ1n) is 6.29. The van der Waals surface area contributed by atoms with Crippen LogP contribution in [-0.4, -0.2) is 22.6 Å². The average Bonchev–Trinajstić information content (AvgIpc) is 2.30. The van der Waals surface area contributed by atoms with Crippen molar-refractivity contribution in [1.82, 2.24) is 4.90 Å². The van der Waals surface area contributed by atoms with E-state index >= 15 is 0 Å². The zero-order chi connectivity index (χ0) is 12.4. The van der Waals surface area contributed by atoms with Crippen molar-refractivity contribution < 1.29 is 5.11 Å². The molecule has 1 aliphatic rings. The lowest BCUT2D eigenvalue weighted by molar-refractivity contribution is 0.106. The number of phenols is 1. The van der Waals surface area contributed by atoms with Gasteiger partial charge < -0.3 is 5.11 Å². The molecule has 1 saturated heterocycles. The second kappa shape index (κ2) is 5.40. The molecule has 3 heteroatoms. The number of rotatable bonds is 2. The molecular weight excluding hydrogens is 278 g/mol. The minimum Gasteiger partial charge on any atom is -0.507 e. The highest BCUT2D eigenvalue weighted by Gasteiger charge is 2.24. The summed E-state index contributed by atoms with van der Waals surface area (Å²) in [7, 11) is 0. The topological polar surface area (TPSA) is 23.5 Å². The van der Waals surface area contributed by atoms with Crippen molar-refractivity contribution >= 4 is 15.9 Å². The smallest absolute Gasteiger partial charge is 0.129 e. The normalized spacial score (nSPS) is 26.1. The van der Waals surface area contributed by atoms with Gasteiger partial charge in [0.2, 0.25) is 0 Å². The van der Waals surface area contributed by atoms with Gasteiger partial charge in [-0.2, -0.15) is 0 Å². The van der Waals surface area contributed by atoms with Crippen molar-refractivity contribution in [3.05, 3.63) is 28.2 Å². The summed E-state index contributed by atoms with van der Waals surface area (Å²) in [5, 5.41) is 9.48. The van der Waals surface area contributed by atoms with Gasteiger partial charge in [0.25, 0.3) is 0 Å². The molecule has 0 aliphatic carbocycles. The highest BCUT2D eigenvalue weighted by Crippen LogP contribution is 2.28. The number of benzene rings is 1. The van der Waals surface area contributed by atoms with Gasteiger partial charge in [-0.3, -0.25) is 4.90 Å². The van der Waals surface area contributed by atoms with E-state index in [0.717, 1.165) is 16.9 Å². The van der Waals surface area contributed by atoms with Crippen molar-refractivity contribution in [1.29, 1.82) is 0 Å². The van der Waals surface area contributed by atoms with Crippen LogP contribution in [0.15, 0.2) is 22.7 Å². The zero-order valence-electron chi connectivity index (χ0n) is 10.5. The molecule has 0 spiro atoms. The summed E-state index contributed by atoms with van der Waals surface area (Å²) in [6.45, 7) is 6.82. The number of hydrogen-bond donors (Lipinski definition) is 1. The quantitative estimate of drug-likeness (QED) is 0.898. The van der Waals surface area contributed by atoms with E-state index < -0.39 is 0 Å². The number of aromatic hydroxyl groups is 1. The third-order valence-electron chi connectivity index (χ3n) is 3.90. The van der Waals surface area contributed by atoms with Crippen LogP contribution in [0.25, 0.3) is 0 Å². The van der Waals surface area contributed by atoms with Gasteiger partial charge >= 0.3 is 0 Å². The Morgan fingerprint density at radius 2 is 2.18 bits per heavy atom. The molecular formula is C14H20BrNO. The number of piperidine rings is 1. The Morgan fingerprint density at radius 3 is 2.88 bits per heavy atom. The van der Waals surface area contributed by atoms with Crippen molar-refractivity contribution in [3.63, 3.8) is 0 Å². The molecule has 1 fully saturated rings. The summed E-state index contributed by atoms with van der Waals surface area (Å²) in [4.78, 5) is 2.53. The summed E-state index contributed by atoms with van der Waals surface area (Å²) < 4.78 is 0.785. The lowest BCUT2D eigenvalue weighted by atomic mass is 9.92. The van der Waals surface area contributed by atoms with Crippen LogP contribution in [0.4, 0.5) is 0 Å². The summed E-state index contributed by atoms with van der Waals surface area (Å²) in [5.74, 6) is 1.10. The van der Waals surface area contributed by atoms with Gasteiger partial charge in [-0.15, -0.1) is 0 Å². The minimum atomic E-state index is 0.314. The molecule has 1 heterocycles. The Bertz CT molecular complexity index is 394. The zero-order valence-corrected chi connectivity index (χ0v) is 12.1. The highest BCUT2D eigenvalue weighted by molar-refractivity contribution is 9.10. The summed E-state index contributed by atoms with van der Waals surface area (Å²) in [6, 6.07) is 6.43. The summed E-state index contributed by atoms with van der Waals surface area (Å²) in [6.07, 6.45) is 2.64. The standard InChI is InChI=1S/C14H20BrNO/c1-10-4-3-7-16(11(10)2)9-12-5-6-14(17)13(15)8-12/h5-6,8,10-11,17H,3-4,7,9H2,1-2H3. The number of halogens is 1. The van der Waals surface area contributed by atoms with E-state index in [4.69, 9.17) is 0 Å². The molecule has 0 aromatic heterocycles. The van der Waals surface area contributed by atoms with E-state index in [1.54, 1.807) is 6.07 Å². The first kappa shape index (κ1) is 12.9. The minimum absolute atomic E-state index is 0.314. The molecule has 2 rings (SSSR count). The van der Waals surface area contributed by atoms with Crippen LogP contribution in [0.3, 0.4) is 0 Å². The van der Waals surface area contributed by atoms with E-state index in [2.05, 4.69) is 34.7 Å². The van der Waals surface area contributed by atoms with Crippen molar-refractivity contribution in [2.75, 3.05) is 6.54 Å². The van der Waals surface area contributed by atoms with Crippen molar-refractivity contribution in [3.8, 4) is 5.75 Å². The molecule has 17 heavy (non-hydrogen) atoms. The second-order valence-electron chi connectivity index (χ2n) is 5.12. The van der Waals surface area contributed by atoms with Crippen LogP contribution in [-0.2, 0) is 6.54 Å². The fourth-order valence-corrected chi connectivity index (χ4v) is 2.95. The number of phenolic OH excluding ortho intramolecular Hbond substituents is 1. The fourth-order valence-electron chi connectivity index (χ4n) is 2.53. The predicted octanol–water partition coefficient (Wildman–Crippen LogP) is 3.78. The Kier molecular flexibility index (Phi) is 4.10. The Morgan fingerprint density at radius 1 is 1.41 bits per heavy atom. The van der Waals surface area contributed by atoms with Gasteiger partial charge in [0.05, 0.1) is 4.47 Å². The average molecular weight is 298 g/mol. The number of hydrogen-bond acceptors (Lipinski definition) is 2. The highest BCUT2D eigenvalue weighted by atomic mass is 79.9. The third-order valence-corrected chi connectivity index (χ3v) is 4.54. The first-order valence-corrected chi connectivity index (χ1v) is 7.08.